The summed E-state index contributed by atoms with van der Waals surface area (Å²) in [6.45, 7) is 8.25. The largest absolute Gasteiger partial charge is 0.277 e. The third-order valence-electron chi connectivity index (χ3n) is 4.25. The van der Waals surface area contributed by atoms with E-state index in [1.54, 1.807) is 6.07 Å². The fraction of sp³-hybridized carbons (Fsp3) is 0.294. The summed E-state index contributed by atoms with van der Waals surface area (Å²) in [7, 11) is 0. The average Bonchev–Trinajstić information content (AvgIpc) is 2.58. The lowest BCUT2D eigenvalue weighted by Crippen LogP contribution is -2.15. The molecule has 0 N–H and O–H groups in total. The van der Waals surface area contributed by atoms with E-state index in [-0.39, 0.29) is 16.0 Å². The van der Waals surface area contributed by atoms with Gasteiger partial charge in [-0.05, 0) is 36.1 Å². The van der Waals surface area contributed by atoms with Gasteiger partial charge in [0.2, 0.25) is 0 Å². The first-order chi connectivity index (χ1) is 9.32. The van der Waals surface area contributed by atoms with Crippen LogP contribution in [0, 0.1) is 24.0 Å². The van der Waals surface area contributed by atoms with Crippen LogP contribution in [0.1, 0.15) is 36.1 Å². The van der Waals surface area contributed by atoms with Crippen LogP contribution in [0.2, 0.25) is 0 Å². The van der Waals surface area contributed by atoms with Gasteiger partial charge in [-0.15, -0.1) is 0 Å². The van der Waals surface area contributed by atoms with Crippen LogP contribution in [0.3, 0.4) is 0 Å². The summed E-state index contributed by atoms with van der Waals surface area (Å²) in [6, 6.07) is 9.93. The highest BCUT2D eigenvalue weighted by molar-refractivity contribution is 5.87. The molecule has 0 heterocycles. The Labute approximate surface area is 118 Å². The maximum atomic E-state index is 11.4. The average molecular weight is 267 g/mol. The van der Waals surface area contributed by atoms with E-state index in [2.05, 4.69) is 32.9 Å². The maximum Gasteiger partial charge on any atom is 0.277 e. The number of hydrogen-bond acceptors (Lipinski definition) is 2. The van der Waals surface area contributed by atoms with Crippen LogP contribution in [0.15, 0.2) is 30.3 Å². The molecule has 0 saturated heterocycles. The summed E-state index contributed by atoms with van der Waals surface area (Å²) in [4.78, 5) is 11.1. The van der Waals surface area contributed by atoms with Crippen molar-refractivity contribution in [1.29, 1.82) is 0 Å². The molecule has 2 aromatic carbocycles. The molecular weight excluding hydrogens is 250 g/mol. The van der Waals surface area contributed by atoms with Gasteiger partial charge in [0, 0.05) is 11.5 Å². The van der Waals surface area contributed by atoms with Crippen LogP contribution in [-0.4, -0.2) is 4.92 Å². The number of fused-ring (bicyclic) bond motifs is 3. The van der Waals surface area contributed by atoms with E-state index in [0.29, 0.717) is 0 Å². The van der Waals surface area contributed by atoms with Gasteiger partial charge in [0.1, 0.15) is 0 Å². The number of nitrogens with zero attached hydrogens (tertiary/aromatic N) is 1. The zero-order valence-corrected chi connectivity index (χ0v) is 12.2. The Balaban J connectivity index is 2.45. The van der Waals surface area contributed by atoms with Crippen molar-refractivity contribution < 1.29 is 4.92 Å². The van der Waals surface area contributed by atoms with Gasteiger partial charge in [0.15, 0.2) is 0 Å². The molecule has 0 unspecified atom stereocenters. The van der Waals surface area contributed by atoms with Crippen molar-refractivity contribution in [2.45, 2.75) is 33.1 Å². The molecule has 2 aromatic rings. The van der Waals surface area contributed by atoms with Gasteiger partial charge in [-0.25, -0.2) is 0 Å². The summed E-state index contributed by atoms with van der Waals surface area (Å²) in [5, 5.41) is 11.4. The molecule has 3 rings (SSSR count). The second-order valence-electron chi connectivity index (χ2n) is 6.14. The number of benzene rings is 2. The van der Waals surface area contributed by atoms with Crippen LogP contribution >= 0.6 is 0 Å². The monoisotopic (exact) mass is 267 g/mol. The standard InChI is InChI=1S/C17H17NO2/c1-10-5-6-12-13(7-10)17(3,4)14-8-11(2)9-15(16(12)14)18(19)20/h5-9H,1-4H3. The molecule has 0 aromatic heterocycles. The Kier molecular flexibility index (Phi) is 2.52. The van der Waals surface area contributed by atoms with Gasteiger partial charge in [-0.1, -0.05) is 43.7 Å². The summed E-state index contributed by atoms with van der Waals surface area (Å²) in [6.07, 6.45) is 0. The predicted octanol–water partition coefficient (Wildman–Crippen LogP) is 4.52. The van der Waals surface area contributed by atoms with Crippen molar-refractivity contribution in [2.75, 3.05) is 0 Å². The first-order valence-corrected chi connectivity index (χ1v) is 6.73. The van der Waals surface area contributed by atoms with Crippen molar-refractivity contribution in [1.82, 2.24) is 0 Å². The van der Waals surface area contributed by atoms with E-state index < -0.39 is 0 Å². The zero-order chi connectivity index (χ0) is 14.7. The smallest absolute Gasteiger partial charge is 0.258 e. The molecular formula is C17H17NO2. The summed E-state index contributed by atoms with van der Waals surface area (Å²) < 4.78 is 0. The molecule has 0 saturated carbocycles. The minimum atomic E-state index is -0.267. The number of nitro benzene ring substituents is 1. The lowest BCUT2D eigenvalue weighted by Gasteiger charge is -2.21. The minimum Gasteiger partial charge on any atom is -0.258 e. The predicted molar refractivity (Wildman–Crippen MR) is 80.1 cm³/mol. The quantitative estimate of drug-likeness (QED) is 0.563. The summed E-state index contributed by atoms with van der Waals surface area (Å²) in [5.41, 5.74) is 6.19. The van der Waals surface area contributed by atoms with E-state index in [4.69, 9.17) is 0 Å². The maximum absolute atomic E-state index is 11.4. The van der Waals surface area contributed by atoms with Gasteiger partial charge in [0.25, 0.3) is 5.69 Å². The fourth-order valence-corrected chi connectivity index (χ4v) is 3.23. The molecule has 0 fully saturated rings. The van der Waals surface area contributed by atoms with Crippen LogP contribution in [-0.2, 0) is 5.41 Å². The number of nitro groups is 1. The lowest BCUT2D eigenvalue weighted by molar-refractivity contribution is -0.384. The van der Waals surface area contributed by atoms with Gasteiger partial charge in [0.05, 0.1) is 10.5 Å². The molecule has 0 amide bonds. The Hall–Kier alpha value is -2.16. The minimum absolute atomic E-state index is 0.187. The summed E-state index contributed by atoms with van der Waals surface area (Å²) >= 11 is 0. The molecule has 0 spiro atoms. The Morgan fingerprint density at radius 3 is 2.30 bits per heavy atom. The first-order valence-electron chi connectivity index (χ1n) is 6.73. The highest BCUT2D eigenvalue weighted by Gasteiger charge is 2.39. The number of aryl methyl sites for hydroxylation is 2. The van der Waals surface area contributed by atoms with Crippen LogP contribution < -0.4 is 0 Å². The SMILES string of the molecule is Cc1ccc2c(c1)C(C)(C)c1cc(C)cc([N+](=O)[O-])c1-2. The summed E-state index contributed by atoms with van der Waals surface area (Å²) in [5.74, 6) is 0. The van der Waals surface area contributed by atoms with Crippen molar-refractivity contribution in [2.24, 2.45) is 0 Å². The Morgan fingerprint density at radius 1 is 1.00 bits per heavy atom. The molecule has 0 bridgehead atoms. The van der Waals surface area contributed by atoms with Crippen molar-refractivity contribution >= 4 is 5.69 Å². The van der Waals surface area contributed by atoms with Gasteiger partial charge in [-0.3, -0.25) is 10.1 Å². The molecule has 1 aliphatic rings. The molecule has 0 aliphatic heterocycles. The van der Waals surface area contributed by atoms with E-state index >= 15 is 0 Å². The fourth-order valence-electron chi connectivity index (χ4n) is 3.23. The lowest BCUT2D eigenvalue weighted by atomic mass is 9.81. The van der Waals surface area contributed by atoms with Crippen LogP contribution in [0.4, 0.5) is 5.69 Å². The molecule has 3 heteroatoms. The van der Waals surface area contributed by atoms with Gasteiger partial charge < -0.3 is 0 Å². The molecule has 102 valence electrons. The van der Waals surface area contributed by atoms with Crippen LogP contribution in [0.5, 0.6) is 0 Å². The Bertz CT molecular complexity index is 745. The molecule has 0 atom stereocenters. The second kappa shape index (κ2) is 3.92. The third-order valence-corrected chi connectivity index (χ3v) is 4.25. The van der Waals surface area contributed by atoms with E-state index in [0.717, 1.165) is 22.3 Å². The highest BCUT2D eigenvalue weighted by atomic mass is 16.6. The normalized spacial score (nSPS) is 14.8. The van der Waals surface area contributed by atoms with Crippen molar-refractivity contribution in [3.05, 3.63) is 62.7 Å². The van der Waals surface area contributed by atoms with Crippen molar-refractivity contribution in [3.63, 3.8) is 0 Å². The van der Waals surface area contributed by atoms with Gasteiger partial charge >= 0.3 is 0 Å². The zero-order valence-electron chi connectivity index (χ0n) is 12.2. The molecule has 3 nitrogen and oxygen atoms in total. The van der Waals surface area contributed by atoms with E-state index in [1.807, 2.05) is 19.1 Å². The second-order valence-corrected chi connectivity index (χ2v) is 6.14. The Morgan fingerprint density at radius 2 is 1.65 bits per heavy atom. The topological polar surface area (TPSA) is 43.1 Å². The van der Waals surface area contributed by atoms with E-state index in [1.165, 1.54) is 11.1 Å². The molecule has 20 heavy (non-hydrogen) atoms. The molecule has 1 aliphatic carbocycles. The molecule has 0 radical (unpaired) electrons. The number of rotatable bonds is 1. The third kappa shape index (κ3) is 1.59. The van der Waals surface area contributed by atoms with Crippen molar-refractivity contribution in [3.8, 4) is 11.1 Å². The highest BCUT2D eigenvalue weighted by Crippen LogP contribution is 2.52. The number of hydrogen-bond donors (Lipinski definition) is 0. The van der Waals surface area contributed by atoms with Crippen LogP contribution in [0.25, 0.3) is 11.1 Å². The first kappa shape index (κ1) is 12.9. The van der Waals surface area contributed by atoms with E-state index in [9.17, 15) is 10.1 Å². The van der Waals surface area contributed by atoms with Gasteiger partial charge in [-0.2, -0.15) is 0 Å².